The summed E-state index contributed by atoms with van der Waals surface area (Å²) in [7, 11) is 0. The van der Waals surface area contributed by atoms with Gasteiger partial charge in [-0.1, -0.05) is 0 Å². The Hall–Kier alpha value is -2.29. The van der Waals surface area contributed by atoms with Gasteiger partial charge in [-0.3, -0.25) is 14.6 Å². The fraction of sp³-hybridized carbons (Fsp3) is 0.591. The van der Waals surface area contributed by atoms with Crippen LogP contribution in [-0.2, 0) is 16.1 Å². The summed E-state index contributed by atoms with van der Waals surface area (Å²) in [5.74, 6) is 1.63. The van der Waals surface area contributed by atoms with Gasteiger partial charge in [0.25, 0.3) is 0 Å². The van der Waals surface area contributed by atoms with E-state index in [-0.39, 0.29) is 5.41 Å². The van der Waals surface area contributed by atoms with Gasteiger partial charge in [0.05, 0.1) is 24.9 Å². The van der Waals surface area contributed by atoms with Gasteiger partial charge in [0, 0.05) is 63.8 Å². The van der Waals surface area contributed by atoms with Gasteiger partial charge >= 0.3 is 0 Å². The number of nitrogens with zero attached hydrogens (tertiary/aromatic N) is 5. The highest BCUT2D eigenvalue weighted by atomic mass is 16.5. The van der Waals surface area contributed by atoms with Crippen LogP contribution in [0.15, 0.2) is 35.2 Å². The van der Waals surface area contributed by atoms with Crippen LogP contribution in [0, 0.1) is 5.41 Å². The number of hydrogen-bond acceptors (Lipinski definition) is 7. The predicted octanol–water partition coefficient (Wildman–Crippen LogP) is 1.49. The molecule has 5 heterocycles. The smallest absolute Gasteiger partial charge is 0.230 e. The molecular weight excluding hydrogens is 382 g/mol. The summed E-state index contributed by atoms with van der Waals surface area (Å²) in [5.41, 5.74) is 0.872. The van der Waals surface area contributed by atoms with Gasteiger partial charge < -0.3 is 14.1 Å². The summed E-state index contributed by atoms with van der Waals surface area (Å²) in [6.07, 6.45) is 7.27. The number of morpholine rings is 1. The van der Waals surface area contributed by atoms with E-state index in [1.165, 1.54) is 0 Å². The minimum absolute atomic E-state index is 0.194. The fourth-order valence-corrected chi connectivity index (χ4v) is 4.89. The third kappa shape index (κ3) is 3.99. The van der Waals surface area contributed by atoms with E-state index in [1.807, 2.05) is 24.5 Å². The minimum atomic E-state index is -0.194. The van der Waals surface area contributed by atoms with Crippen molar-refractivity contribution in [1.29, 1.82) is 0 Å². The van der Waals surface area contributed by atoms with Crippen molar-refractivity contribution >= 4 is 5.91 Å². The summed E-state index contributed by atoms with van der Waals surface area (Å²) >= 11 is 0. The number of amides is 1. The molecule has 8 heteroatoms. The molecule has 0 bridgehead atoms. The molecule has 0 aromatic carbocycles. The van der Waals surface area contributed by atoms with Crippen LogP contribution in [0.1, 0.15) is 18.4 Å². The van der Waals surface area contributed by atoms with Crippen molar-refractivity contribution in [3.63, 3.8) is 0 Å². The maximum absolute atomic E-state index is 13.2. The maximum Gasteiger partial charge on any atom is 0.230 e. The standard InChI is InChI=1S/C22H29N5O3/c28-21-22(4-6-27(21)8-7-25-9-12-29-13-10-25)3-5-26(17-22)16-18-14-23-20(24-15-18)19-2-1-11-30-19/h1-2,11,14-15H,3-10,12-13,16-17H2. The quantitative estimate of drug-likeness (QED) is 0.713. The predicted molar refractivity (Wildman–Crippen MR) is 111 cm³/mol. The molecule has 160 valence electrons. The molecule has 1 amide bonds. The van der Waals surface area contributed by atoms with Crippen LogP contribution in [0.2, 0.25) is 0 Å². The highest BCUT2D eigenvalue weighted by Gasteiger charge is 2.50. The van der Waals surface area contributed by atoms with Crippen molar-refractivity contribution in [1.82, 2.24) is 24.7 Å². The lowest BCUT2D eigenvalue weighted by Gasteiger charge is -2.29. The number of rotatable bonds is 6. The van der Waals surface area contributed by atoms with E-state index in [0.29, 0.717) is 17.5 Å². The summed E-state index contributed by atoms with van der Waals surface area (Å²) < 4.78 is 10.8. The molecule has 2 aromatic heterocycles. The van der Waals surface area contributed by atoms with Crippen LogP contribution < -0.4 is 0 Å². The number of carbonyl (C=O) groups excluding carboxylic acids is 1. The van der Waals surface area contributed by atoms with Crippen LogP contribution in [0.5, 0.6) is 0 Å². The van der Waals surface area contributed by atoms with Gasteiger partial charge in [0.15, 0.2) is 11.6 Å². The van der Waals surface area contributed by atoms with Gasteiger partial charge in [0.1, 0.15) is 0 Å². The number of aromatic nitrogens is 2. The van der Waals surface area contributed by atoms with Gasteiger partial charge in [0.2, 0.25) is 5.91 Å². The molecule has 0 saturated carbocycles. The summed E-state index contributed by atoms with van der Waals surface area (Å²) in [6.45, 7) is 8.79. The number of ether oxygens (including phenoxy) is 1. The average molecular weight is 412 g/mol. The zero-order chi connectivity index (χ0) is 20.4. The Morgan fingerprint density at radius 2 is 1.80 bits per heavy atom. The second-order valence-corrected chi connectivity index (χ2v) is 8.63. The van der Waals surface area contributed by atoms with E-state index in [2.05, 4.69) is 24.7 Å². The second-order valence-electron chi connectivity index (χ2n) is 8.63. The fourth-order valence-electron chi connectivity index (χ4n) is 4.89. The Bertz CT molecular complexity index is 850. The topological polar surface area (TPSA) is 74.9 Å². The average Bonchev–Trinajstić information content (AvgIpc) is 3.52. The Balaban J connectivity index is 1.15. The molecule has 30 heavy (non-hydrogen) atoms. The first-order valence-electron chi connectivity index (χ1n) is 10.9. The van der Waals surface area contributed by atoms with Crippen LogP contribution in [0.3, 0.4) is 0 Å². The summed E-state index contributed by atoms with van der Waals surface area (Å²) in [6, 6.07) is 3.69. The SMILES string of the molecule is O=C1N(CCN2CCOCC2)CCC12CCN(Cc1cnc(-c3ccco3)nc1)C2. The van der Waals surface area contributed by atoms with Gasteiger partial charge in [-0.2, -0.15) is 0 Å². The van der Waals surface area contributed by atoms with E-state index < -0.39 is 0 Å². The van der Waals surface area contributed by atoms with E-state index in [4.69, 9.17) is 9.15 Å². The summed E-state index contributed by atoms with van der Waals surface area (Å²) in [4.78, 5) is 28.9. The first-order chi connectivity index (χ1) is 14.7. The normalized spacial score (nSPS) is 25.6. The minimum Gasteiger partial charge on any atom is -0.461 e. The molecule has 5 rings (SSSR count). The van der Waals surface area contributed by atoms with Crippen molar-refractivity contribution in [2.45, 2.75) is 19.4 Å². The molecule has 8 nitrogen and oxygen atoms in total. The van der Waals surface area contributed by atoms with E-state index in [9.17, 15) is 4.79 Å². The number of hydrogen-bond donors (Lipinski definition) is 0. The summed E-state index contributed by atoms with van der Waals surface area (Å²) in [5, 5.41) is 0. The molecule has 3 saturated heterocycles. The van der Waals surface area contributed by atoms with Crippen molar-refractivity contribution < 1.29 is 13.9 Å². The zero-order valence-electron chi connectivity index (χ0n) is 17.3. The van der Waals surface area contributed by atoms with Gasteiger partial charge in [-0.25, -0.2) is 9.97 Å². The highest BCUT2D eigenvalue weighted by molar-refractivity contribution is 5.85. The Labute approximate surface area is 176 Å². The molecule has 0 radical (unpaired) electrons. The van der Waals surface area contributed by atoms with Crippen LogP contribution in [0.25, 0.3) is 11.6 Å². The molecular formula is C22H29N5O3. The van der Waals surface area contributed by atoms with Crippen LogP contribution >= 0.6 is 0 Å². The lowest BCUT2D eigenvalue weighted by atomic mass is 9.85. The first-order valence-corrected chi connectivity index (χ1v) is 10.9. The molecule has 1 unspecified atom stereocenters. The van der Waals surface area contributed by atoms with Crippen molar-refractivity contribution in [2.75, 3.05) is 59.0 Å². The molecule has 0 N–H and O–H groups in total. The number of likely N-dealkylation sites (tertiary alicyclic amines) is 2. The third-order valence-electron chi connectivity index (χ3n) is 6.68. The maximum atomic E-state index is 13.2. The molecule has 2 aromatic rings. The third-order valence-corrected chi connectivity index (χ3v) is 6.68. The number of carbonyl (C=O) groups is 1. The lowest BCUT2D eigenvalue weighted by Crippen LogP contribution is -2.43. The van der Waals surface area contributed by atoms with Crippen LogP contribution in [-0.4, -0.2) is 89.6 Å². The second kappa shape index (κ2) is 8.45. The van der Waals surface area contributed by atoms with Crippen molar-refractivity contribution in [3.8, 4) is 11.6 Å². The van der Waals surface area contributed by atoms with E-state index in [0.717, 1.165) is 84.0 Å². The Kier molecular flexibility index (Phi) is 5.54. The first kappa shape index (κ1) is 19.7. The van der Waals surface area contributed by atoms with Gasteiger partial charge in [-0.15, -0.1) is 0 Å². The van der Waals surface area contributed by atoms with E-state index >= 15 is 0 Å². The number of furan rings is 1. The Morgan fingerprint density at radius 3 is 2.57 bits per heavy atom. The van der Waals surface area contributed by atoms with Crippen molar-refractivity contribution in [2.24, 2.45) is 5.41 Å². The Morgan fingerprint density at radius 1 is 1.00 bits per heavy atom. The molecule has 3 aliphatic heterocycles. The monoisotopic (exact) mass is 411 g/mol. The molecule has 3 fully saturated rings. The van der Waals surface area contributed by atoms with Gasteiger partial charge in [-0.05, 0) is 31.5 Å². The highest BCUT2D eigenvalue weighted by Crippen LogP contribution is 2.41. The van der Waals surface area contributed by atoms with E-state index in [1.54, 1.807) is 6.26 Å². The largest absolute Gasteiger partial charge is 0.461 e. The lowest BCUT2D eigenvalue weighted by molar-refractivity contribution is -0.135. The molecule has 1 spiro atoms. The van der Waals surface area contributed by atoms with Crippen LogP contribution in [0.4, 0.5) is 0 Å². The molecule has 3 aliphatic rings. The molecule has 0 aliphatic carbocycles. The molecule has 1 atom stereocenters. The zero-order valence-corrected chi connectivity index (χ0v) is 17.3. The van der Waals surface area contributed by atoms with Crippen molar-refractivity contribution in [3.05, 3.63) is 36.4 Å².